The summed E-state index contributed by atoms with van der Waals surface area (Å²) < 4.78 is 0. The highest BCUT2D eigenvalue weighted by molar-refractivity contribution is 5.77. The Morgan fingerprint density at radius 1 is 1.00 bits per heavy atom. The predicted octanol–water partition coefficient (Wildman–Crippen LogP) is -2.01. The zero-order valence-electron chi connectivity index (χ0n) is 7.88. The Balaban J connectivity index is 2.81. The van der Waals surface area contributed by atoms with E-state index in [9.17, 15) is 19.8 Å². The number of para-hydroxylation sites is 1. The SMILES string of the molecule is O=C([O-])CN(CC(=O)[O-])c1ccccc1. The summed E-state index contributed by atoms with van der Waals surface area (Å²) in [6, 6.07) is 8.36. The van der Waals surface area contributed by atoms with Gasteiger partial charge in [-0.2, -0.15) is 0 Å². The van der Waals surface area contributed by atoms with Crippen LogP contribution in [0.2, 0.25) is 0 Å². The van der Waals surface area contributed by atoms with Crippen LogP contribution in [-0.4, -0.2) is 25.0 Å². The van der Waals surface area contributed by atoms with Crippen LogP contribution in [0.25, 0.3) is 0 Å². The molecule has 0 heterocycles. The van der Waals surface area contributed by atoms with Crippen molar-refractivity contribution in [2.24, 2.45) is 0 Å². The summed E-state index contributed by atoms with van der Waals surface area (Å²) in [7, 11) is 0. The molecule has 15 heavy (non-hydrogen) atoms. The summed E-state index contributed by atoms with van der Waals surface area (Å²) in [5.74, 6) is -2.67. The van der Waals surface area contributed by atoms with Crippen LogP contribution in [0.4, 0.5) is 5.69 Å². The van der Waals surface area contributed by atoms with Gasteiger partial charge >= 0.3 is 0 Å². The van der Waals surface area contributed by atoms with E-state index >= 15 is 0 Å². The van der Waals surface area contributed by atoms with Crippen LogP contribution in [0.15, 0.2) is 30.3 Å². The van der Waals surface area contributed by atoms with Gasteiger partial charge in [0.2, 0.25) is 0 Å². The summed E-state index contributed by atoms with van der Waals surface area (Å²) in [6.45, 7) is -0.948. The molecule has 5 heteroatoms. The molecule has 0 spiro atoms. The first-order chi connectivity index (χ1) is 7.09. The van der Waals surface area contributed by atoms with Crippen molar-refractivity contribution in [1.29, 1.82) is 0 Å². The van der Waals surface area contributed by atoms with Gasteiger partial charge in [-0.15, -0.1) is 0 Å². The van der Waals surface area contributed by atoms with E-state index in [0.29, 0.717) is 5.69 Å². The molecule has 1 aromatic carbocycles. The Labute approximate surface area is 86.6 Å². The normalized spacial score (nSPS) is 9.60. The lowest BCUT2D eigenvalue weighted by Gasteiger charge is -2.25. The number of benzene rings is 1. The molecule has 0 fully saturated rings. The molecule has 0 aliphatic carbocycles. The van der Waals surface area contributed by atoms with Crippen LogP contribution in [0, 0.1) is 0 Å². The lowest BCUT2D eigenvalue weighted by Crippen LogP contribution is -2.44. The van der Waals surface area contributed by atoms with E-state index in [2.05, 4.69) is 0 Å². The number of rotatable bonds is 5. The molecule has 0 saturated heterocycles. The Bertz CT molecular complexity index is 334. The van der Waals surface area contributed by atoms with Crippen molar-refractivity contribution >= 4 is 17.6 Å². The number of carboxylic acids is 2. The highest BCUT2D eigenvalue weighted by atomic mass is 16.4. The highest BCUT2D eigenvalue weighted by Crippen LogP contribution is 2.11. The molecule has 80 valence electrons. The number of nitrogens with zero attached hydrogens (tertiary/aromatic N) is 1. The van der Waals surface area contributed by atoms with Crippen LogP contribution < -0.4 is 15.1 Å². The molecule has 0 aromatic heterocycles. The van der Waals surface area contributed by atoms with E-state index in [-0.39, 0.29) is 0 Å². The molecular weight excluding hydrogens is 198 g/mol. The predicted molar refractivity (Wildman–Crippen MR) is 48.7 cm³/mol. The maximum Gasteiger partial charge on any atom is 0.0608 e. The van der Waals surface area contributed by atoms with Gasteiger partial charge in [-0.3, -0.25) is 0 Å². The first-order valence-corrected chi connectivity index (χ1v) is 4.29. The molecule has 5 nitrogen and oxygen atoms in total. The summed E-state index contributed by atoms with van der Waals surface area (Å²) >= 11 is 0. The third kappa shape index (κ3) is 3.68. The van der Waals surface area contributed by atoms with Gasteiger partial charge in [-0.1, -0.05) is 18.2 Å². The lowest BCUT2D eigenvalue weighted by atomic mass is 10.3. The Hall–Kier alpha value is -2.04. The molecule has 1 rings (SSSR count). The van der Waals surface area contributed by atoms with E-state index < -0.39 is 25.0 Å². The van der Waals surface area contributed by atoms with E-state index in [4.69, 9.17) is 0 Å². The van der Waals surface area contributed by atoms with Crippen LogP contribution in [-0.2, 0) is 9.59 Å². The van der Waals surface area contributed by atoms with Gasteiger partial charge < -0.3 is 24.7 Å². The molecule has 1 aromatic rings. The van der Waals surface area contributed by atoms with Crippen molar-refractivity contribution in [1.82, 2.24) is 0 Å². The minimum Gasteiger partial charge on any atom is -0.548 e. The molecule has 0 bridgehead atoms. The summed E-state index contributed by atoms with van der Waals surface area (Å²) in [4.78, 5) is 22.0. The standard InChI is InChI=1S/C10H11NO4/c12-9(13)6-11(7-10(14)15)8-4-2-1-3-5-8/h1-5H,6-7H2,(H,12,13)(H,14,15)/p-2. The lowest BCUT2D eigenvalue weighted by molar-refractivity contribution is -0.304. The smallest absolute Gasteiger partial charge is 0.0608 e. The zero-order valence-corrected chi connectivity index (χ0v) is 7.88. The van der Waals surface area contributed by atoms with Gasteiger partial charge in [0, 0.05) is 5.69 Å². The Morgan fingerprint density at radius 2 is 1.47 bits per heavy atom. The molecule has 0 N–H and O–H groups in total. The van der Waals surface area contributed by atoms with Gasteiger partial charge in [-0.25, -0.2) is 0 Å². The van der Waals surface area contributed by atoms with Crippen molar-refractivity contribution in [3.63, 3.8) is 0 Å². The second-order valence-corrected chi connectivity index (χ2v) is 2.94. The number of carbonyl (C=O) groups excluding carboxylic acids is 2. The Kier molecular flexibility index (Phi) is 3.68. The van der Waals surface area contributed by atoms with E-state index in [1.807, 2.05) is 0 Å². The number of hydrogen-bond acceptors (Lipinski definition) is 5. The van der Waals surface area contributed by atoms with Gasteiger partial charge in [-0.05, 0) is 12.1 Å². The van der Waals surface area contributed by atoms with Gasteiger partial charge in [0.15, 0.2) is 0 Å². The summed E-state index contributed by atoms with van der Waals surface area (Å²) in [5, 5.41) is 20.8. The van der Waals surface area contributed by atoms with Gasteiger partial charge in [0.25, 0.3) is 0 Å². The average Bonchev–Trinajstić information content (AvgIpc) is 2.17. The zero-order chi connectivity index (χ0) is 11.3. The topological polar surface area (TPSA) is 83.5 Å². The fraction of sp³-hybridized carbons (Fsp3) is 0.200. The second kappa shape index (κ2) is 4.99. The first-order valence-electron chi connectivity index (χ1n) is 4.29. The highest BCUT2D eigenvalue weighted by Gasteiger charge is 2.05. The van der Waals surface area contributed by atoms with Crippen LogP contribution in [0.3, 0.4) is 0 Å². The number of carboxylic acid groups (broad SMARTS) is 2. The van der Waals surface area contributed by atoms with Crippen LogP contribution in [0.1, 0.15) is 0 Å². The second-order valence-electron chi connectivity index (χ2n) is 2.94. The molecule has 0 saturated carbocycles. The largest absolute Gasteiger partial charge is 0.548 e. The van der Waals surface area contributed by atoms with Gasteiger partial charge in [0.05, 0.1) is 25.0 Å². The molecule has 0 atom stereocenters. The minimum absolute atomic E-state index is 0.474. The fourth-order valence-electron chi connectivity index (χ4n) is 1.19. The maximum atomic E-state index is 10.4. The molecule has 0 aliphatic heterocycles. The summed E-state index contributed by atoms with van der Waals surface area (Å²) in [5.41, 5.74) is 0.505. The molecular formula is C10H9NO4-2. The quantitative estimate of drug-likeness (QED) is 0.557. The fourth-order valence-corrected chi connectivity index (χ4v) is 1.19. The third-order valence-electron chi connectivity index (χ3n) is 1.76. The minimum atomic E-state index is -1.33. The summed E-state index contributed by atoms with van der Waals surface area (Å²) in [6.07, 6.45) is 0. The van der Waals surface area contributed by atoms with Crippen LogP contribution in [0.5, 0.6) is 0 Å². The van der Waals surface area contributed by atoms with E-state index in [1.165, 1.54) is 0 Å². The third-order valence-corrected chi connectivity index (χ3v) is 1.76. The van der Waals surface area contributed by atoms with Crippen LogP contribution >= 0.6 is 0 Å². The molecule has 0 unspecified atom stereocenters. The monoisotopic (exact) mass is 207 g/mol. The van der Waals surface area contributed by atoms with Crippen molar-refractivity contribution in [2.45, 2.75) is 0 Å². The van der Waals surface area contributed by atoms with E-state index in [0.717, 1.165) is 4.90 Å². The number of aliphatic carboxylic acids is 2. The van der Waals surface area contributed by atoms with Crippen molar-refractivity contribution in [3.05, 3.63) is 30.3 Å². The first kappa shape index (κ1) is 11.0. The number of hydrogen-bond donors (Lipinski definition) is 0. The van der Waals surface area contributed by atoms with Crippen molar-refractivity contribution < 1.29 is 19.8 Å². The molecule has 0 aliphatic rings. The average molecular weight is 207 g/mol. The Morgan fingerprint density at radius 3 is 1.87 bits per heavy atom. The molecule has 0 radical (unpaired) electrons. The molecule has 0 amide bonds. The number of anilines is 1. The van der Waals surface area contributed by atoms with Gasteiger partial charge in [0.1, 0.15) is 0 Å². The van der Waals surface area contributed by atoms with E-state index in [1.54, 1.807) is 30.3 Å². The van der Waals surface area contributed by atoms with Crippen molar-refractivity contribution in [3.8, 4) is 0 Å². The van der Waals surface area contributed by atoms with Crippen molar-refractivity contribution in [2.75, 3.05) is 18.0 Å². The maximum absolute atomic E-state index is 10.4. The number of carbonyl (C=O) groups is 2.